The predicted molar refractivity (Wildman–Crippen MR) is 73.3 cm³/mol. The number of aryl methyl sites for hydroxylation is 1. The number of piperidine rings is 1. The summed E-state index contributed by atoms with van der Waals surface area (Å²) in [6.07, 6.45) is 2.11. The van der Waals surface area contributed by atoms with Crippen LogP contribution in [-0.4, -0.2) is 19.1 Å². The molecule has 88 valence electrons. The third kappa shape index (κ3) is 2.53. The molecule has 0 amide bonds. The summed E-state index contributed by atoms with van der Waals surface area (Å²) in [7, 11) is 0. The summed E-state index contributed by atoms with van der Waals surface area (Å²) in [6.45, 7) is 4.04. The lowest BCUT2D eigenvalue weighted by Crippen LogP contribution is -2.39. The fourth-order valence-electron chi connectivity index (χ4n) is 2.02. The van der Waals surface area contributed by atoms with Gasteiger partial charge in [0.2, 0.25) is 0 Å². The third-order valence-corrected chi connectivity index (χ3v) is 4.15. The zero-order valence-corrected chi connectivity index (χ0v) is 11.7. The van der Waals surface area contributed by atoms with Crippen LogP contribution in [0.15, 0.2) is 16.6 Å². The van der Waals surface area contributed by atoms with Crippen LogP contribution in [0.1, 0.15) is 18.4 Å². The Hall–Kier alpha value is -0.250. The van der Waals surface area contributed by atoms with Crippen molar-refractivity contribution in [3.05, 3.63) is 27.2 Å². The van der Waals surface area contributed by atoms with Crippen LogP contribution >= 0.6 is 27.5 Å². The topological polar surface area (TPSA) is 29.3 Å². The van der Waals surface area contributed by atoms with Crippen LogP contribution in [-0.2, 0) is 0 Å². The minimum Gasteiger partial charge on any atom is -0.370 e. The SMILES string of the molecule is Cc1cc(Br)c(N2CCC(N)CC2)cc1Cl. The van der Waals surface area contributed by atoms with Crippen molar-refractivity contribution >= 4 is 33.2 Å². The summed E-state index contributed by atoms with van der Waals surface area (Å²) in [4.78, 5) is 2.35. The Bertz CT molecular complexity index is 387. The fraction of sp³-hybridized carbons (Fsp3) is 0.500. The predicted octanol–water partition coefficient (Wildman–Crippen LogP) is 3.34. The highest BCUT2D eigenvalue weighted by molar-refractivity contribution is 9.10. The summed E-state index contributed by atoms with van der Waals surface area (Å²) >= 11 is 9.76. The molecule has 1 heterocycles. The highest BCUT2D eigenvalue weighted by Gasteiger charge is 2.18. The van der Waals surface area contributed by atoms with E-state index >= 15 is 0 Å². The summed E-state index contributed by atoms with van der Waals surface area (Å²) in [5.41, 5.74) is 8.19. The first-order valence-electron chi connectivity index (χ1n) is 5.54. The van der Waals surface area contributed by atoms with E-state index in [2.05, 4.69) is 26.9 Å². The molecule has 16 heavy (non-hydrogen) atoms. The van der Waals surface area contributed by atoms with Gasteiger partial charge in [0.15, 0.2) is 0 Å². The quantitative estimate of drug-likeness (QED) is 0.862. The van der Waals surface area contributed by atoms with Gasteiger partial charge in [-0.2, -0.15) is 0 Å². The van der Waals surface area contributed by atoms with Crippen molar-refractivity contribution in [2.45, 2.75) is 25.8 Å². The van der Waals surface area contributed by atoms with E-state index in [0.29, 0.717) is 6.04 Å². The maximum atomic E-state index is 6.16. The van der Waals surface area contributed by atoms with Crippen LogP contribution in [0.4, 0.5) is 5.69 Å². The average Bonchev–Trinajstić information content (AvgIpc) is 2.25. The Morgan fingerprint density at radius 3 is 2.62 bits per heavy atom. The van der Waals surface area contributed by atoms with Gasteiger partial charge in [0.25, 0.3) is 0 Å². The van der Waals surface area contributed by atoms with Crippen LogP contribution < -0.4 is 10.6 Å². The van der Waals surface area contributed by atoms with Gasteiger partial charge in [0.1, 0.15) is 0 Å². The number of hydrogen-bond acceptors (Lipinski definition) is 2. The average molecular weight is 304 g/mol. The van der Waals surface area contributed by atoms with Gasteiger partial charge in [0, 0.05) is 28.6 Å². The monoisotopic (exact) mass is 302 g/mol. The van der Waals surface area contributed by atoms with Gasteiger partial charge >= 0.3 is 0 Å². The molecule has 2 rings (SSSR count). The minimum absolute atomic E-state index is 0.357. The largest absolute Gasteiger partial charge is 0.370 e. The summed E-state index contributed by atoms with van der Waals surface area (Å²) in [6, 6.07) is 4.47. The Morgan fingerprint density at radius 2 is 2.00 bits per heavy atom. The molecule has 1 saturated heterocycles. The van der Waals surface area contributed by atoms with E-state index in [1.165, 1.54) is 5.69 Å². The summed E-state index contributed by atoms with van der Waals surface area (Å²) in [5, 5.41) is 0.827. The fourth-order valence-corrected chi connectivity index (χ4v) is 2.88. The number of benzene rings is 1. The van der Waals surface area contributed by atoms with Gasteiger partial charge in [-0.05, 0) is 53.4 Å². The number of nitrogens with zero attached hydrogens (tertiary/aromatic N) is 1. The molecule has 1 aromatic carbocycles. The molecule has 0 bridgehead atoms. The van der Waals surface area contributed by atoms with Gasteiger partial charge in [-0.25, -0.2) is 0 Å². The van der Waals surface area contributed by atoms with E-state index in [4.69, 9.17) is 17.3 Å². The zero-order valence-electron chi connectivity index (χ0n) is 9.34. The molecule has 0 unspecified atom stereocenters. The van der Waals surface area contributed by atoms with Crippen LogP contribution in [0.5, 0.6) is 0 Å². The van der Waals surface area contributed by atoms with E-state index < -0.39 is 0 Å². The first-order valence-corrected chi connectivity index (χ1v) is 6.71. The van der Waals surface area contributed by atoms with Crippen molar-refractivity contribution in [3.8, 4) is 0 Å². The number of nitrogens with two attached hydrogens (primary N) is 1. The number of rotatable bonds is 1. The molecule has 1 aliphatic heterocycles. The first-order chi connectivity index (χ1) is 7.58. The maximum absolute atomic E-state index is 6.16. The molecule has 0 radical (unpaired) electrons. The molecular weight excluding hydrogens is 288 g/mol. The van der Waals surface area contributed by atoms with Crippen molar-refractivity contribution in [1.29, 1.82) is 0 Å². The van der Waals surface area contributed by atoms with E-state index in [1.54, 1.807) is 0 Å². The van der Waals surface area contributed by atoms with E-state index in [0.717, 1.165) is 41.0 Å². The Kier molecular flexibility index (Phi) is 3.77. The number of halogens is 2. The second-order valence-electron chi connectivity index (χ2n) is 4.38. The van der Waals surface area contributed by atoms with Gasteiger partial charge in [0.05, 0.1) is 5.69 Å². The van der Waals surface area contributed by atoms with Gasteiger partial charge in [-0.15, -0.1) is 0 Å². The van der Waals surface area contributed by atoms with Crippen LogP contribution in [0.25, 0.3) is 0 Å². The molecule has 2 N–H and O–H groups in total. The van der Waals surface area contributed by atoms with Crippen molar-refractivity contribution in [3.63, 3.8) is 0 Å². The smallest absolute Gasteiger partial charge is 0.0525 e. The Labute approximate surface area is 110 Å². The zero-order chi connectivity index (χ0) is 11.7. The van der Waals surface area contributed by atoms with Gasteiger partial charge in [-0.1, -0.05) is 11.6 Å². The van der Waals surface area contributed by atoms with Crippen molar-refractivity contribution in [2.24, 2.45) is 5.73 Å². The molecule has 2 nitrogen and oxygen atoms in total. The molecule has 0 spiro atoms. The van der Waals surface area contributed by atoms with Crippen LogP contribution in [0.3, 0.4) is 0 Å². The standard InChI is InChI=1S/C12H16BrClN2/c1-8-6-10(13)12(7-11(8)14)16-4-2-9(15)3-5-16/h6-7,9H,2-5,15H2,1H3. The lowest BCUT2D eigenvalue weighted by atomic mass is 10.1. The number of anilines is 1. The van der Waals surface area contributed by atoms with E-state index in [1.807, 2.05) is 13.0 Å². The lowest BCUT2D eigenvalue weighted by Gasteiger charge is -2.33. The lowest BCUT2D eigenvalue weighted by molar-refractivity contribution is 0.501. The van der Waals surface area contributed by atoms with Gasteiger partial charge < -0.3 is 10.6 Å². The van der Waals surface area contributed by atoms with Crippen LogP contribution in [0.2, 0.25) is 5.02 Å². The Morgan fingerprint density at radius 1 is 1.38 bits per heavy atom. The molecular formula is C12H16BrClN2. The Balaban J connectivity index is 2.23. The highest BCUT2D eigenvalue weighted by Crippen LogP contribution is 2.33. The third-order valence-electron chi connectivity index (χ3n) is 3.11. The van der Waals surface area contributed by atoms with E-state index in [9.17, 15) is 0 Å². The summed E-state index contributed by atoms with van der Waals surface area (Å²) < 4.78 is 1.12. The molecule has 0 saturated carbocycles. The maximum Gasteiger partial charge on any atom is 0.0525 e. The molecule has 1 aliphatic rings. The van der Waals surface area contributed by atoms with Crippen molar-refractivity contribution in [2.75, 3.05) is 18.0 Å². The number of hydrogen-bond donors (Lipinski definition) is 1. The second-order valence-corrected chi connectivity index (χ2v) is 5.64. The van der Waals surface area contributed by atoms with E-state index in [-0.39, 0.29) is 0 Å². The van der Waals surface area contributed by atoms with Crippen molar-refractivity contribution < 1.29 is 0 Å². The van der Waals surface area contributed by atoms with Crippen molar-refractivity contribution in [1.82, 2.24) is 0 Å². The van der Waals surface area contributed by atoms with Crippen LogP contribution in [0, 0.1) is 6.92 Å². The first kappa shape index (κ1) is 12.2. The molecule has 1 fully saturated rings. The summed E-state index contributed by atoms with van der Waals surface area (Å²) in [5.74, 6) is 0. The minimum atomic E-state index is 0.357. The molecule has 0 aromatic heterocycles. The molecule has 1 aromatic rings. The molecule has 0 atom stereocenters. The highest BCUT2D eigenvalue weighted by atomic mass is 79.9. The van der Waals surface area contributed by atoms with Gasteiger partial charge in [-0.3, -0.25) is 0 Å². The normalized spacial score (nSPS) is 17.9. The second kappa shape index (κ2) is 4.94. The molecule has 4 heteroatoms. The molecule has 0 aliphatic carbocycles.